The predicted molar refractivity (Wildman–Crippen MR) is 87.9 cm³/mol. The highest BCUT2D eigenvalue weighted by Crippen LogP contribution is 2.33. The Morgan fingerprint density at radius 1 is 1.10 bits per heavy atom. The molecule has 5 nitrogen and oxygen atoms in total. The van der Waals surface area contributed by atoms with Gasteiger partial charge in [-0.1, -0.05) is 40.2 Å². The lowest BCUT2D eigenvalue weighted by Gasteiger charge is -2.12. The number of nitrogens with two attached hydrogens (primary N) is 1. The third-order valence-electron chi connectivity index (χ3n) is 3.16. The predicted octanol–water partition coefficient (Wildman–Crippen LogP) is 3.73. The molecule has 0 atom stereocenters. The van der Waals surface area contributed by atoms with Crippen molar-refractivity contribution in [2.75, 3.05) is 18.2 Å². The molecule has 0 saturated heterocycles. The molecule has 3 N–H and O–H groups in total. The maximum absolute atomic E-state index is 5.99. The topological polar surface area (TPSA) is 73.1 Å². The Morgan fingerprint density at radius 3 is 2.62 bits per heavy atom. The monoisotopic (exact) mass is 344 g/mol. The van der Waals surface area contributed by atoms with Gasteiger partial charge in [-0.2, -0.15) is 4.98 Å². The highest BCUT2D eigenvalue weighted by atomic mass is 79.9. The molecule has 0 saturated carbocycles. The molecule has 21 heavy (non-hydrogen) atoms. The molecule has 2 aromatic carbocycles. The standard InChI is InChI=1S/C15H13BrN4O/c1-21-15-13(17)14(18-8-19-15)20-12-7-6-11(16)9-4-2-3-5-10(9)12/h2-8H,17H2,1H3,(H,18,19,20). The van der Waals surface area contributed by atoms with E-state index >= 15 is 0 Å². The molecule has 6 heteroatoms. The summed E-state index contributed by atoms with van der Waals surface area (Å²) in [5.41, 5.74) is 7.29. The summed E-state index contributed by atoms with van der Waals surface area (Å²) in [6.07, 6.45) is 1.42. The fourth-order valence-corrected chi connectivity index (χ4v) is 2.62. The fraction of sp³-hybridized carbons (Fsp3) is 0.0667. The van der Waals surface area contributed by atoms with E-state index in [1.54, 1.807) is 0 Å². The maximum atomic E-state index is 5.99. The summed E-state index contributed by atoms with van der Waals surface area (Å²) in [6.45, 7) is 0. The van der Waals surface area contributed by atoms with Crippen molar-refractivity contribution >= 4 is 43.9 Å². The molecule has 0 bridgehead atoms. The summed E-state index contributed by atoms with van der Waals surface area (Å²) in [6, 6.07) is 12.0. The number of hydrogen-bond donors (Lipinski definition) is 2. The highest BCUT2D eigenvalue weighted by molar-refractivity contribution is 9.10. The molecule has 106 valence electrons. The van der Waals surface area contributed by atoms with Crippen LogP contribution >= 0.6 is 15.9 Å². The molecule has 0 aliphatic heterocycles. The van der Waals surface area contributed by atoms with Crippen LogP contribution in [0.25, 0.3) is 10.8 Å². The van der Waals surface area contributed by atoms with E-state index in [-0.39, 0.29) is 0 Å². The van der Waals surface area contributed by atoms with Crippen LogP contribution in [0, 0.1) is 0 Å². The third kappa shape index (κ3) is 2.50. The van der Waals surface area contributed by atoms with E-state index < -0.39 is 0 Å². The van der Waals surface area contributed by atoms with Crippen molar-refractivity contribution in [1.29, 1.82) is 0 Å². The summed E-state index contributed by atoms with van der Waals surface area (Å²) in [4.78, 5) is 8.14. The van der Waals surface area contributed by atoms with E-state index in [0.29, 0.717) is 17.4 Å². The molecule has 0 fully saturated rings. The van der Waals surface area contributed by atoms with Crippen LogP contribution in [-0.4, -0.2) is 17.1 Å². The van der Waals surface area contributed by atoms with Gasteiger partial charge in [0, 0.05) is 15.5 Å². The number of fused-ring (bicyclic) bond motifs is 1. The average Bonchev–Trinajstić information content (AvgIpc) is 2.52. The molecule has 0 unspecified atom stereocenters. The summed E-state index contributed by atoms with van der Waals surface area (Å²) in [5.74, 6) is 0.878. The van der Waals surface area contributed by atoms with Gasteiger partial charge >= 0.3 is 0 Å². The molecule has 1 heterocycles. The number of anilines is 3. The number of nitrogens with zero attached hydrogens (tertiary/aromatic N) is 2. The van der Waals surface area contributed by atoms with Crippen LogP contribution in [0.2, 0.25) is 0 Å². The van der Waals surface area contributed by atoms with Gasteiger partial charge in [0.05, 0.1) is 7.11 Å². The first kappa shape index (κ1) is 13.6. The van der Waals surface area contributed by atoms with Crippen molar-refractivity contribution < 1.29 is 4.74 Å². The van der Waals surface area contributed by atoms with Gasteiger partial charge < -0.3 is 15.8 Å². The lowest BCUT2D eigenvalue weighted by molar-refractivity contribution is 0.399. The molecule has 0 radical (unpaired) electrons. The Labute approximate surface area is 130 Å². The van der Waals surface area contributed by atoms with Gasteiger partial charge in [0.15, 0.2) is 5.82 Å². The van der Waals surface area contributed by atoms with Gasteiger partial charge in [-0.05, 0) is 17.5 Å². The molecule has 3 rings (SSSR count). The summed E-state index contributed by atoms with van der Waals surface area (Å²) >= 11 is 3.56. The van der Waals surface area contributed by atoms with E-state index in [9.17, 15) is 0 Å². The largest absolute Gasteiger partial charge is 0.479 e. The van der Waals surface area contributed by atoms with Gasteiger partial charge in [0.1, 0.15) is 12.0 Å². The van der Waals surface area contributed by atoms with Gasteiger partial charge in [0.25, 0.3) is 0 Å². The number of nitrogen functional groups attached to an aromatic ring is 1. The van der Waals surface area contributed by atoms with E-state index in [1.165, 1.54) is 13.4 Å². The summed E-state index contributed by atoms with van der Waals surface area (Å²) in [7, 11) is 1.53. The number of hydrogen-bond acceptors (Lipinski definition) is 5. The van der Waals surface area contributed by atoms with Crippen LogP contribution in [0.4, 0.5) is 17.2 Å². The smallest absolute Gasteiger partial charge is 0.242 e. The molecule has 0 amide bonds. The van der Waals surface area contributed by atoms with E-state index in [1.807, 2.05) is 30.3 Å². The third-order valence-corrected chi connectivity index (χ3v) is 3.86. The lowest BCUT2D eigenvalue weighted by Crippen LogP contribution is -2.03. The minimum Gasteiger partial charge on any atom is -0.479 e. The second-order valence-corrected chi connectivity index (χ2v) is 5.27. The number of ether oxygens (including phenoxy) is 1. The van der Waals surface area contributed by atoms with Crippen molar-refractivity contribution in [3.63, 3.8) is 0 Å². The lowest BCUT2D eigenvalue weighted by atomic mass is 10.1. The first-order valence-corrected chi connectivity index (χ1v) is 7.08. The maximum Gasteiger partial charge on any atom is 0.242 e. The molecule has 0 aliphatic carbocycles. The van der Waals surface area contributed by atoms with E-state index in [0.717, 1.165) is 20.9 Å². The Morgan fingerprint density at radius 2 is 1.86 bits per heavy atom. The molecule has 0 aliphatic rings. The van der Waals surface area contributed by atoms with Crippen molar-refractivity contribution in [3.05, 3.63) is 47.2 Å². The zero-order valence-corrected chi connectivity index (χ0v) is 12.9. The van der Waals surface area contributed by atoms with E-state index in [2.05, 4.69) is 37.3 Å². The first-order valence-electron chi connectivity index (χ1n) is 6.29. The molecule has 1 aromatic heterocycles. The Balaban J connectivity index is 2.09. The van der Waals surface area contributed by atoms with Crippen molar-refractivity contribution in [2.24, 2.45) is 0 Å². The van der Waals surface area contributed by atoms with Crippen LogP contribution < -0.4 is 15.8 Å². The Hall–Kier alpha value is -2.34. The summed E-state index contributed by atoms with van der Waals surface area (Å²) in [5, 5.41) is 5.43. The van der Waals surface area contributed by atoms with Gasteiger partial charge in [-0.15, -0.1) is 0 Å². The molecule has 0 spiro atoms. The number of halogens is 1. The molecule has 3 aromatic rings. The van der Waals surface area contributed by atoms with Crippen LogP contribution in [0.15, 0.2) is 47.2 Å². The zero-order chi connectivity index (χ0) is 14.8. The average molecular weight is 345 g/mol. The number of methoxy groups -OCH3 is 1. The SMILES string of the molecule is COc1ncnc(Nc2ccc(Br)c3ccccc23)c1N. The number of benzene rings is 2. The number of rotatable bonds is 3. The summed E-state index contributed by atoms with van der Waals surface area (Å²) < 4.78 is 6.15. The van der Waals surface area contributed by atoms with Crippen molar-refractivity contribution in [2.45, 2.75) is 0 Å². The Kier molecular flexibility index (Phi) is 3.62. The van der Waals surface area contributed by atoms with E-state index in [4.69, 9.17) is 10.5 Å². The van der Waals surface area contributed by atoms with Crippen molar-refractivity contribution in [3.8, 4) is 5.88 Å². The van der Waals surface area contributed by atoms with Crippen LogP contribution in [0.3, 0.4) is 0 Å². The second kappa shape index (κ2) is 5.57. The van der Waals surface area contributed by atoms with Crippen LogP contribution in [-0.2, 0) is 0 Å². The van der Waals surface area contributed by atoms with Gasteiger partial charge in [0.2, 0.25) is 5.88 Å². The minimum atomic E-state index is 0.355. The quantitative estimate of drug-likeness (QED) is 0.757. The molecular weight excluding hydrogens is 332 g/mol. The van der Waals surface area contributed by atoms with Crippen molar-refractivity contribution in [1.82, 2.24) is 9.97 Å². The highest BCUT2D eigenvalue weighted by Gasteiger charge is 2.10. The minimum absolute atomic E-state index is 0.355. The van der Waals surface area contributed by atoms with Crippen LogP contribution in [0.1, 0.15) is 0 Å². The number of aromatic nitrogens is 2. The van der Waals surface area contributed by atoms with Gasteiger partial charge in [-0.3, -0.25) is 0 Å². The fourth-order valence-electron chi connectivity index (χ4n) is 2.14. The first-order chi connectivity index (χ1) is 10.2. The second-order valence-electron chi connectivity index (χ2n) is 4.41. The number of nitrogens with one attached hydrogen (secondary N) is 1. The normalized spacial score (nSPS) is 10.6. The zero-order valence-electron chi connectivity index (χ0n) is 11.3. The molecular formula is C15H13BrN4O. The van der Waals surface area contributed by atoms with Crippen LogP contribution in [0.5, 0.6) is 5.88 Å². The Bertz CT molecular complexity index is 807. The van der Waals surface area contributed by atoms with Gasteiger partial charge in [-0.25, -0.2) is 4.98 Å².